The zero-order valence-electron chi connectivity index (χ0n) is 12.8. The zero-order valence-corrected chi connectivity index (χ0v) is 12.8. The Hall–Kier alpha value is -2.07. The van der Waals surface area contributed by atoms with Gasteiger partial charge in [0.15, 0.2) is 0 Å². The van der Waals surface area contributed by atoms with Crippen molar-refractivity contribution in [3.63, 3.8) is 0 Å². The summed E-state index contributed by atoms with van der Waals surface area (Å²) in [5.74, 6) is 0.777. The number of hydrogen-bond acceptors (Lipinski definition) is 3. The molecule has 112 valence electrons. The quantitative estimate of drug-likeness (QED) is 0.919. The van der Waals surface area contributed by atoms with Crippen LogP contribution in [0.25, 0.3) is 11.3 Å². The Bertz CT molecular complexity index is 675. The third kappa shape index (κ3) is 3.16. The van der Waals surface area contributed by atoms with Crippen LogP contribution in [0.3, 0.4) is 0 Å². The second kappa shape index (κ2) is 6.59. The normalized spacial score (nSPS) is 12.2. The van der Waals surface area contributed by atoms with Gasteiger partial charge in [0.1, 0.15) is 5.75 Å². The molecule has 0 bridgehead atoms. The second-order valence-corrected chi connectivity index (χ2v) is 5.15. The fraction of sp³-hybridized carbons (Fsp3) is 0.353. The van der Waals surface area contributed by atoms with Crippen LogP contribution in [0.1, 0.15) is 31.9 Å². The number of methoxy groups -OCH3 is 1. The fourth-order valence-corrected chi connectivity index (χ4v) is 2.42. The number of rotatable bonds is 5. The molecule has 0 saturated carbocycles. The van der Waals surface area contributed by atoms with E-state index >= 15 is 0 Å². The van der Waals surface area contributed by atoms with Crippen LogP contribution in [0.4, 0.5) is 0 Å². The van der Waals surface area contributed by atoms with Gasteiger partial charge in [-0.2, -0.15) is 0 Å². The van der Waals surface area contributed by atoms with E-state index in [4.69, 9.17) is 10.5 Å². The SMILES string of the molecule is CCCn1c(-c2cccc(OC)c2)ccc(C(C)N)c1=O. The molecule has 2 aromatic rings. The van der Waals surface area contributed by atoms with E-state index in [0.29, 0.717) is 12.1 Å². The van der Waals surface area contributed by atoms with Crippen LogP contribution >= 0.6 is 0 Å². The molecule has 0 amide bonds. The minimum atomic E-state index is -0.264. The Kier molecular flexibility index (Phi) is 4.81. The number of ether oxygens (including phenoxy) is 1. The van der Waals surface area contributed by atoms with Crippen molar-refractivity contribution in [3.8, 4) is 17.0 Å². The van der Waals surface area contributed by atoms with E-state index in [2.05, 4.69) is 6.92 Å². The first-order valence-electron chi connectivity index (χ1n) is 7.22. The standard InChI is InChI=1S/C17H22N2O2/c1-4-10-19-16(9-8-15(12(2)18)17(19)20)13-6-5-7-14(11-13)21-3/h5-9,11-12H,4,10,18H2,1-3H3. The lowest BCUT2D eigenvalue weighted by molar-refractivity contribution is 0.415. The molecule has 1 atom stereocenters. The first kappa shape index (κ1) is 15.3. The molecule has 0 aliphatic rings. The number of pyridine rings is 1. The minimum Gasteiger partial charge on any atom is -0.497 e. The Morgan fingerprint density at radius 1 is 1.29 bits per heavy atom. The van der Waals surface area contributed by atoms with Gasteiger partial charge in [-0.05, 0) is 37.6 Å². The first-order chi connectivity index (χ1) is 10.1. The summed E-state index contributed by atoms with van der Waals surface area (Å²) < 4.78 is 7.06. The van der Waals surface area contributed by atoms with Crippen LogP contribution in [0.5, 0.6) is 5.75 Å². The predicted molar refractivity (Wildman–Crippen MR) is 85.6 cm³/mol. The van der Waals surface area contributed by atoms with E-state index in [1.807, 2.05) is 43.3 Å². The molecular formula is C17H22N2O2. The van der Waals surface area contributed by atoms with Gasteiger partial charge in [-0.3, -0.25) is 4.79 Å². The van der Waals surface area contributed by atoms with Crippen molar-refractivity contribution in [1.29, 1.82) is 0 Å². The number of aromatic nitrogens is 1. The Balaban J connectivity index is 2.62. The Morgan fingerprint density at radius 2 is 2.05 bits per heavy atom. The summed E-state index contributed by atoms with van der Waals surface area (Å²) in [7, 11) is 1.64. The van der Waals surface area contributed by atoms with E-state index in [9.17, 15) is 4.79 Å². The molecular weight excluding hydrogens is 264 g/mol. The highest BCUT2D eigenvalue weighted by Crippen LogP contribution is 2.24. The maximum absolute atomic E-state index is 12.6. The summed E-state index contributed by atoms with van der Waals surface area (Å²) in [4.78, 5) is 12.6. The molecule has 0 aliphatic carbocycles. The Labute approximate surface area is 125 Å². The van der Waals surface area contributed by atoms with Crippen molar-refractivity contribution < 1.29 is 4.74 Å². The molecule has 1 aromatic carbocycles. The molecule has 1 heterocycles. The molecule has 4 heteroatoms. The summed E-state index contributed by atoms with van der Waals surface area (Å²) in [5.41, 5.74) is 8.38. The monoisotopic (exact) mass is 286 g/mol. The fourth-order valence-electron chi connectivity index (χ4n) is 2.42. The zero-order chi connectivity index (χ0) is 15.4. The van der Waals surface area contributed by atoms with E-state index in [1.165, 1.54) is 0 Å². The predicted octanol–water partition coefficient (Wildman–Crippen LogP) is 2.95. The van der Waals surface area contributed by atoms with E-state index in [-0.39, 0.29) is 11.6 Å². The van der Waals surface area contributed by atoms with Crippen molar-refractivity contribution >= 4 is 0 Å². The van der Waals surface area contributed by atoms with Crippen LogP contribution < -0.4 is 16.0 Å². The van der Waals surface area contributed by atoms with Crippen molar-refractivity contribution in [2.75, 3.05) is 7.11 Å². The lowest BCUT2D eigenvalue weighted by Crippen LogP contribution is -2.28. The molecule has 1 unspecified atom stereocenters. The molecule has 1 aromatic heterocycles. The topological polar surface area (TPSA) is 57.2 Å². The summed E-state index contributed by atoms with van der Waals surface area (Å²) in [6, 6.07) is 11.3. The van der Waals surface area contributed by atoms with Gasteiger partial charge in [0.2, 0.25) is 0 Å². The number of hydrogen-bond donors (Lipinski definition) is 1. The molecule has 2 rings (SSSR count). The molecule has 0 aliphatic heterocycles. The molecule has 2 N–H and O–H groups in total. The first-order valence-corrected chi connectivity index (χ1v) is 7.22. The molecule has 0 spiro atoms. The van der Waals surface area contributed by atoms with Crippen molar-refractivity contribution in [3.05, 3.63) is 52.3 Å². The van der Waals surface area contributed by atoms with Crippen molar-refractivity contribution in [1.82, 2.24) is 4.57 Å². The number of nitrogens with two attached hydrogens (primary N) is 1. The van der Waals surface area contributed by atoms with Gasteiger partial charge in [0, 0.05) is 23.7 Å². The Morgan fingerprint density at radius 3 is 2.67 bits per heavy atom. The maximum Gasteiger partial charge on any atom is 0.255 e. The summed E-state index contributed by atoms with van der Waals surface area (Å²) >= 11 is 0. The van der Waals surface area contributed by atoms with Crippen LogP contribution in [0.15, 0.2) is 41.2 Å². The van der Waals surface area contributed by atoms with Gasteiger partial charge in [0.05, 0.1) is 12.8 Å². The minimum absolute atomic E-state index is 0.00725. The molecule has 0 radical (unpaired) electrons. The van der Waals surface area contributed by atoms with Gasteiger partial charge in [-0.25, -0.2) is 0 Å². The van der Waals surface area contributed by atoms with Crippen LogP contribution in [0, 0.1) is 0 Å². The van der Waals surface area contributed by atoms with Gasteiger partial charge < -0.3 is 15.0 Å². The van der Waals surface area contributed by atoms with Crippen LogP contribution in [-0.2, 0) is 6.54 Å². The third-order valence-corrected chi connectivity index (χ3v) is 3.51. The van der Waals surface area contributed by atoms with Crippen LogP contribution in [-0.4, -0.2) is 11.7 Å². The number of benzene rings is 1. The van der Waals surface area contributed by atoms with Crippen molar-refractivity contribution in [2.45, 2.75) is 32.9 Å². The van der Waals surface area contributed by atoms with E-state index < -0.39 is 0 Å². The van der Waals surface area contributed by atoms with E-state index in [1.54, 1.807) is 11.7 Å². The molecule has 4 nitrogen and oxygen atoms in total. The lowest BCUT2D eigenvalue weighted by Gasteiger charge is -2.16. The molecule has 0 fully saturated rings. The molecule has 21 heavy (non-hydrogen) atoms. The highest BCUT2D eigenvalue weighted by Gasteiger charge is 2.12. The average molecular weight is 286 g/mol. The highest BCUT2D eigenvalue weighted by molar-refractivity contribution is 5.62. The maximum atomic E-state index is 12.6. The average Bonchev–Trinajstić information content (AvgIpc) is 2.49. The van der Waals surface area contributed by atoms with Gasteiger partial charge in [-0.15, -0.1) is 0 Å². The van der Waals surface area contributed by atoms with Gasteiger partial charge in [-0.1, -0.05) is 19.1 Å². The molecule has 0 saturated heterocycles. The van der Waals surface area contributed by atoms with Gasteiger partial charge >= 0.3 is 0 Å². The van der Waals surface area contributed by atoms with E-state index in [0.717, 1.165) is 23.4 Å². The summed E-state index contributed by atoms with van der Waals surface area (Å²) in [5, 5.41) is 0. The summed E-state index contributed by atoms with van der Waals surface area (Å²) in [6.45, 7) is 4.56. The van der Waals surface area contributed by atoms with Crippen LogP contribution in [0.2, 0.25) is 0 Å². The van der Waals surface area contributed by atoms with Gasteiger partial charge in [0.25, 0.3) is 5.56 Å². The largest absolute Gasteiger partial charge is 0.497 e. The van der Waals surface area contributed by atoms with Crippen molar-refractivity contribution in [2.24, 2.45) is 5.73 Å². The smallest absolute Gasteiger partial charge is 0.255 e. The third-order valence-electron chi connectivity index (χ3n) is 3.51. The summed E-state index contributed by atoms with van der Waals surface area (Å²) in [6.07, 6.45) is 0.888. The highest BCUT2D eigenvalue weighted by atomic mass is 16.5. The second-order valence-electron chi connectivity index (χ2n) is 5.15. The lowest BCUT2D eigenvalue weighted by atomic mass is 10.1. The number of nitrogens with zero attached hydrogens (tertiary/aromatic N) is 1.